The maximum atomic E-state index is 12.7. The zero-order valence-corrected chi connectivity index (χ0v) is 16.1. The molecule has 1 aromatic heterocycles. The van der Waals surface area contributed by atoms with E-state index in [0.717, 1.165) is 31.6 Å². The van der Waals surface area contributed by atoms with Crippen LogP contribution in [0, 0.1) is 5.92 Å². The lowest BCUT2D eigenvalue weighted by Gasteiger charge is -2.23. The van der Waals surface area contributed by atoms with E-state index < -0.39 is 0 Å². The van der Waals surface area contributed by atoms with Crippen molar-refractivity contribution in [2.24, 2.45) is 5.92 Å². The Hall–Kier alpha value is -2.05. The Morgan fingerprint density at radius 2 is 2.15 bits per heavy atom. The van der Waals surface area contributed by atoms with Gasteiger partial charge in [0.25, 0.3) is 5.91 Å². The molecule has 1 fully saturated rings. The second-order valence-electron chi connectivity index (χ2n) is 6.84. The zero-order valence-electron chi connectivity index (χ0n) is 15.3. The number of carbonyl (C=O) groups is 1. The molecule has 1 atom stereocenters. The molecular formula is C19H27ClN4O2. The number of piperidine rings is 1. The maximum absolute atomic E-state index is 12.7. The van der Waals surface area contributed by atoms with E-state index in [1.54, 1.807) is 10.9 Å². The third-order valence-electron chi connectivity index (χ3n) is 4.12. The number of carbonyl (C=O) groups excluding carboxylic acids is 1. The summed E-state index contributed by atoms with van der Waals surface area (Å²) >= 11 is 0. The molecule has 1 unspecified atom stereocenters. The molecule has 0 saturated carbocycles. The molecule has 142 valence electrons. The van der Waals surface area contributed by atoms with Crippen LogP contribution in [0.25, 0.3) is 5.69 Å². The first kappa shape index (κ1) is 20.3. The van der Waals surface area contributed by atoms with Crippen LogP contribution in [0.3, 0.4) is 0 Å². The largest absolute Gasteiger partial charge is 0.489 e. The molecular weight excluding hydrogens is 352 g/mol. The molecule has 6 nitrogen and oxygen atoms in total. The van der Waals surface area contributed by atoms with Crippen molar-refractivity contribution >= 4 is 18.3 Å². The number of nitrogens with one attached hydrogen (secondary N) is 2. The highest BCUT2D eigenvalue weighted by Crippen LogP contribution is 2.21. The van der Waals surface area contributed by atoms with Gasteiger partial charge in [0.15, 0.2) is 11.4 Å². The first-order valence-corrected chi connectivity index (χ1v) is 8.93. The number of aromatic nitrogens is 2. The van der Waals surface area contributed by atoms with E-state index in [9.17, 15) is 4.79 Å². The average Bonchev–Trinajstić information content (AvgIpc) is 3.06. The van der Waals surface area contributed by atoms with Crippen LogP contribution in [0.2, 0.25) is 0 Å². The highest BCUT2D eigenvalue weighted by Gasteiger charge is 2.23. The van der Waals surface area contributed by atoms with E-state index >= 15 is 0 Å². The van der Waals surface area contributed by atoms with Crippen molar-refractivity contribution in [2.45, 2.75) is 32.7 Å². The highest BCUT2D eigenvalue weighted by atomic mass is 35.5. The Morgan fingerprint density at radius 3 is 2.81 bits per heavy atom. The van der Waals surface area contributed by atoms with Crippen molar-refractivity contribution in [3.8, 4) is 11.4 Å². The van der Waals surface area contributed by atoms with E-state index in [-0.39, 0.29) is 24.4 Å². The van der Waals surface area contributed by atoms with Gasteiger partial charge in [0, 0.05) is 12.6 Å². The minimum absolute atomic E-state index is 0. The van der Waals surface area contributed by atoms with Gasteiger partial charge in [0.1, 0.15) is 0 Å². The fourth-order valence-electron chi connectivity index (χ4n) is 2.82. The standard InChI is InChI=1S/C19H26N4O2.ClH/c1-14(2)13-25-17-12-23(16-8-4-3-5-9-16)22-18(17)19(24)21-15-7-6-10-20-11-15;/h3-5,8-9,12,14-15,20H,6-7,10-11,13H2,1-2H3,(H,21,24);1H. The molecule has 1 aliphatic rings. The second kappa shape index (κ2) is 9.59. The average molecular weight is 379 g/mol. The predicted molar refractivity (Wildman–Crippen MR) is 105 cm³/mol. The quantitative estimate of drug-likeness (QED) is 0.811. The molecule has 1 aliphatic heterocycles. The molecule has 3 rings (SSSR count). The number of hydrogen-bond acceptors (Lipinski definition) is 4. The Kier molecular flexibility index (Phi) is 7.48. The van der Waals surface area contributed by atoms with Gasteiger partial charge in [0.2, 0.25) is 0 Å². The van der Waals surface area contributed by atoms with Gasteiger partial charge in [-0.2, -0.15) is 5.10 Å². The summed E-state index contributed by atoms with van der Waals surface area (Å²) in [6, 6.07) is 9.88. The van der Waals surface area contributed by atoms with Crippen LogP contribution in [0.4, 0.5) is 0 Å². The van der Waals surface area contributed by atoms with Crippen molar-refractivity contribution < 1.29 is 9.53 Å². The van der Waals surface area contributed by atoms with Crippen molar-refractivity contribution in [3.63, 3.8) is 0 Å². The van der Waals surface area contributed by atoms with Gasteiger partial charge in [-0.3, -0.25) is 4.79 Å². The van der Waals surface area contributed by atoms with Gasteiger partial charge in [-0.1, -0.05) is 32.0 Å². The Balaban J connectivity index is 0.00000243. The summed E-state index contributed by atoms with van der Waals surface area (Å²) in [5, 5.41) is 10.9. The van der Waals surface area contributed by atoms with Gasteiger partial charge >= 0.3 is 0 Å². The normalized spacial score (nSPS) is 16.8. The molecule has 7 heteroatoms. The van der Waals surface area contributed by atoms with Crippen LogP contribution >= 0.6 is 12.4 Å². The third kappa shape index (κ3) is 5.22. The van der Waals surface area contributed by atoms with Gasteiger partial charge < -0.3 is 15.4 Å². The lowest BCUT2D eigenvalue weighted by molar-refractivity contribution is 0.0920. The molecule has 0 aliphatic carbocycles. The van der Waals surface area contributed by atoms with Crippen LogP contribution < -0.4 is 15.4 Å². The Bertz CT molecular complexity index is 697. The monoisotopic (exact) mass is 378 g/mol. The van der Waals surface area contributed by atoms with E-state index in [0.29, 0.717) is 24.0 Å². The van der Waals surface area contributed by atoms with Crippen molar-refractivity contribution in [2.75, 3.05) is 19.7 Å². The molecule has 2 heterocycles. The molecule has 0 spiro atoms. The number of rotatable bonds is 6. The molecule has 0 bridgehead atoms. The van der Waals surface area contributed by atoms with Crippen molar-refractivity contribution in [1.82, 2.24) is 20.4 Å². The number of halogens is 1. The van der Waals surface area contributed by atoms with Crippen LogP contribution in [0.1, 0.15) is 37.2 Å². The summed E-state index contributed by atoms with van der Waals surface area (Å²) < 4.78 is 7.55. The van der Waals surface area contributed by atoms with Gasteiger partial charge in [-0.25, -0.2) is 4.68 Å². The second-order valence-corrected chi connectivity index (χ2v) is 6.84. The molecule has 26 heavy (non-hydrogen) atoms. The van der Waals surface area contributed by atoms with Gasteiger partial charge in [0.05, 0.1) is 18.5 Å². The van der Waals surface area contributed by atoms with Crippen molar-refractivity contribution in [3.05, 3.63) is 42.2 Å². The van der Waals surface area contributed by atoms with Crippen LogP contribution in [0.15, 0.2) is 36.5 Å². The zero-order chi connectivity index (χ0) is 17.6. The SMILES string of the molecule is CC(C)COc1cn(-c2ccccc2)nc1C(=O)NC1CCCNC1.Cl. The number of nitrogens with zero attached hydrogens (tertiary/aromatic N) is 2. The summed E-state index contributed by atoms with van der Waals surface area (Å²) in [4.78, 5) is 12.7. The lowest BCUT2D eigenvalue weighted by Crippen LogP contribution is -2.45. The Morgan fingerprint density at radius 1 is 1.38 bits per heavy atom. The molecule has 1 saturated heterocycles. The van der Waals surface area contributed by atoms with E-state index in [1.807, 2.05) is 30.3 Å². The topological polar surface area (TPSA) is 68.2 Å². The molecule has 0 radical (unpaired) electrons. The summed E-state index contributed by atoms with van der Waals surface area (Å²) in [7, 11) is 0. The fraction of sp³-hybridized carbons (Fsp3) is 0.474. The van der Waals surface area contributed by atoms with Crippen LogP contribution in [-0.4, -0.2) is 41.4 Å². The summed E-state index contributed by atoms with van der Waals surface area (Å²) in [5.74, 6) is 0.722. The summed E-state index contributed by atoms with van der Waals surface area (Å²) in [6.45, 7) is 6.51. The van der Waals surface area contributed by atoms with Crippen molar-refractivity contribution in [1.29, 1.82) is 0 Å². The van der Waals surface area contributed by atoms with E-state index in [4.69, 9.17) is 4.74 Å². The fourth-order valence-corrected chi connectivity index (χ4v) is 2.82. The molecule has 1 amide bonds. The van der Waals surface area contributed by atoms with Gasteiger partial charge in [-0.15, -0.1) is 12.4 Å². The minimum atomic E-state index is -0.179. The molecule has 2 aromatic rings. The minimum Gasteiger partial charge on any atom is -0.489 e. The predicted octanol–water partition coefficient (Wildman–Crippen LogP) is 2.81. The number of para-hydroxylation sites is 1. The van der Waals surface area contributed by atoms with E-state index in [1.165, 1.54) is 0 Å². The number of amides is 1. The third-order valence-corrected chi connectivity index (χ3v) is 4.12. The van der Waals surface area contributed by atoms with Crippen LogP contribution in [0.5, 0.6) is 5.75 Å². The Labute approximate surface area is 160 Å². The molecule has 2 N–H and O–H groups in total. The maximum Gasteiger partial charge on any atom is 0.275 e. The van der Waals surface area contributed by atoms with E-state index in [2.05, 4.69) is 29.6 Å². The summed E-state index contributed by atoms with van der Waals surface area (Å²) in [5.41, 5.74) is 1.24. The first-order valence-electron chi connectivity index (χ1n) is 8.93. The first-order chi connectivity index (χ1) is 12.1. The van der Waals surface area contributed by atoms with Gasteiger partial charge in [-0.05, 0) is 37.4 Å². The smallest absolute Gasteiger partial charge is 0.275 e. The number of hydrogen-bond donors (Lipinski definition) is 2. The van der Waals surface area contributed by atoms with Crippen LogP contribution in [-0.2, 0) is 0 Å². The number of benzene rings is 1. The lowest BCUT2D eigenvalue weighted by atomic mass is 10.1. The highest BCUT2D eigenvalue weighted by molar-refractivity contribution is 5.95. The number of ether oxygens (including phenoxy) is 1. The summed E-state index contributed by atoms with van der Waals surface area (Å²) in [6.07, 6.45) is 3.84. The molecule has 1 aromatic carbocycles.